The van der Waals surface area contributed by atoms with Gasteiger partial charge in [-0.2, -0.15) is 13.2 Å². The normalized spacial score (nSPS) is 17.6. The van der Waals surface area contributed by atoms with Crippen molar-refractivity contribution >= 4 is 0 Å². The number of aryl methyl sites for hydroxylation is 1. The highest BCUT2D eigenvalue weighted by molar-refractivity contribution is 5.40. The third-order valence-corrected chi connectivity index (χ3v) is 2.79. The van der Waals surface area contributed by atoms with E-state index in [1.165, 1.54) is 6.07 Å². The Labute approximate surface area is 85.5 Å². The molecular weight excluding hydrogens is 205 g/mol. The number of benzene rings is 1. The summed E-state index contributed by atoms with van der Waals surface area (Å²) in [5.74, 6) is 0. The molecule has 1 aromatic carbocycles. The molecular formula is C11H11F3O. The number of alkyl halides is 3. The van der Waals surface area contributed by atoms with E-state index in [0.29, 0.717) is 12.0 Å². The first kappa shape index (κ1) is 10.5. The fraction of sp³-hybridized carbons (Fsp3) is 0.455. The fourth-order valence-electron chi connectivity index (χ4n) is 2.08. The number of aliphatic hydroxyl groups excluding tert-OH is 1. The molecule has 0 amide bonds. The summed E-state index contributed by atoms with van der Waals surface area (Å²) in [5.41, 5.74) is 1.65. The predicted molar refractivity (Wildman–Crippen MR) is 49.5 cm³/mol. The molecule has 2 rings (SSSR count). The molecule has 0 spiro atoms. The predicted octanol–water partition coefficient (Wildman–Crippen LogP) is 2.77. The van der Waals surface area contributed by atoms with Crippen molar-refractivity contribution in [3.8, 4) is 0 Å². The van der Waals surface area contributed by atoms with Crippen molar-refractivity contribution in [2.24, 2.45) is 0 Å². The molecule has 0 saturated heterocycles. The van der Waals surface area contributed by atoms with Crippen molar-refractivity contribution in [1.82, 2.24) is 0 Å². The van der Waals surface area contributed by atoms with Crippen LogP contribution in [0.2, 0.25) is 0 Å². The van der Waals surface area contributed by atoms with Gasteiger partial charge in [-0.05, 0) is 36.0 Å². The molecule has 4 heteroatoms. The maximum Gasteiger partial charge on any atom is 0.418 e. The SMILES string of the molecule is OC(c1cccc2c1CCC2)C(F)(F)F. The van der Waals surface area contributed by atoms with Gasteiger partial charge in [0.15, 0.2) is 6.10 Å². The van der Waals surface area contributed by atoms with Gasteiger partial charge in [-0.25, -0.2) is 0 Å². The van der Waals surface area contributed by atoms with Crippen LogP contribution < -0.4 is 0 Å². The van der Waals surface area contributed by atoms with Crippen molar-refractivity contribution in [2.45, 2.75) is 31.5 Å². The lowest BCUT2D eigenvalue weighted by Gasteiger charge is -2.17. The highest BCUT2D eigenvalue weighted by Crippen LogP contribution is 2.37. The van der Waals surface area contributed by atoms with E-state index in [1.807, 2.05) is 6.07 Å². The van der Waals surface area contributed by atoms with Crippen LogP contribution in [0.25, 0.3) is 0 Å². The summed E-state index contributed by atoms with van der Waals surface area (Å²) in [7, 11) is 0. The minimum atomic E-state index is -4.57. The summed E-state index contributed by atoms with van der Waals surface area (Å²) in [4.78, 5) is 0. The molecule has 0 saturated carbocycles. The zero-order chi connectivity index (χ0) is 11.1. The second-order valence-electron chi connectivity index (χ2n) is 3.78. The molecule has 1 atom stereocenters. The van der Waals surface area contributed by atoms with Crippen LogP contribution in [0.4, 0.5) is 13.2 Å². The molecule has 15 heavy (non-hydrogen) atoms. The first-order chi connectivity index (χ1) is 7.00. The monoisotopic (exact) mass is 216 g/mol. The van der Waals surface area contributed by atoms with Crippen LogP contribution in [-0.2, 0) is 12.8 Å². The summed E-state index contributed by atoms with van der Waals surface area (Å²) in [5, 5.41) is 9.20. The van der Waals surface area contributed by atoms with Crippen LogP contribution in [0.15, 0.2) is 18.2 Å². The minimum Gasteiger partial charge on any atom is -0.379 e. The zero-order valence-corrected chi connectivity index (χ0v) is 8.01. The number of rotatable bonds is 1. The van der Waals surface area contributed by atoms with Crippen molar-refractivity contribution < 1.29 is 18.3 Å². The minimum absolute atomic E-state index is 0.0255. The molecule has 0 bridgehead atoms. The first-order valence-corrected chi connectivity index (χ1v) is 4.85. The summed E-state index contributed by atoms with van der Waals surface area (Å²) in [6.45, 7) is 0. The Morgan fingerprint density at radius 3 is 2.60 bits per heavy atom. The summed E-state index contributed by atoms with van der Waals surface area (Å²) in [6, 6.07) is 4.77. The zero-order valence-electron chi connectivity index (χ0n) is 8.01. The van der Waals surface area contributed by atoms with Gasteiger partial charge in [0.1, 0.15) is 0 Å². The standard InChI is InChI=1S/C11H11F3O/c12-11(13,14)10(15)9-6-2-4-7-3-1-5-8(7)9/h2,4,6,10,15H,1,3,5H2. The van der Waals surface area contributed by atoms with Crippen LogP contribution in [-0.4, -0.2) is 11.3 Å². The number of hydrogen-bond acceptors (Lipinski definition) is 1. The highest BCUT2D eigenvalue weighted by Gasteiger charge is 2.40. The Hall–Kier alpha value is -1.03. The first-order valence-electron chi connectivity index (χ1n) is 4.85. The number of aliphatic hydroxyl groups is 1. The van der Waals surface area contributed by atoms with Crippen molar-refractivity contribution in [1.29, 1.82) is 0 Å². The fourth-order valence-corrected chi connectivity index (χ4v) is 2.08. The molecule has 0 aromatic heterocycles. The molecule has 1 N–H and O–H groups in total. The molecule has 82 valence electrons. The maximum absolute atomic E-state index is 12.4. The smallest absolute Gasteiger partial charge is 0.379 e. The Morgan fingerprint density at radius 1 is 1.20 bits per heavy atom. The van der Waals surface area contributed by atoms with Crippen molar-refractivity contribution in [2.75, 3.05) is 0 Å². The second-order valence-corrected chi connectivity index (χ2v) is 3.78. The van der Waals surface area contributed by atoms with Crippen molar-refractivity contribution in [3.05, 3.63) is 34.9 Å². The Morgan fingerprint density at radius 2 is 1.93 bits per heavy atom. The molecule has 0 fully saturated rings. The van der Waals surface area contributed by atoms with Crippen LogP contribution in [0, 0.1) is 0 Å². The van der Waals surface area contributed by atoms with Gasteiger partial charge < -0.3 is 5.11 Å². The average Bonchev–Trinajstić information content (AvgIpc) is 2.62. The maximum atomic E-state index is 12.4. The van der Waals surface area contributed by atoms with E-state index in [4.69, 9.17) is 0 Å². The molecule has 0 heterocycles. The van der Waals surface area contributed by atoms with E-state index in [0.717, 1.165) is 18.4 Å². The van der Waals surface area contributed by atoms with Gasteiger partial charge in [-0.1, -0.05) is 18.2 Å². The Balaban J connectivity index is 2.41. The van der Waals surface area contributed by atoms with Gasteiger partial charge in [-0.15, -0.1) is 0 Å². The molecule has 1 aromatic rings. The lowest BCUT2D eigenvalue weighted by molar-refractivity contribution is -0.207. The van der Waals surface area contributed by atoms with E-state index in [1.54, 1.807) is 6.07 Å². The van der Waals surface area contributed by atoms with Crippen LogP contribution >= 0.6 is 0 Å². The van der Waals surface area contributed by atoms with Gasteiger partial charge in [0.2, 0.25) is 0 Å². The van der Waals surface area contributed by atoms with Gasteiger partial charge in [0.25, 0.3) is 0 Å². The summed E-state index contributed by atoms with van der Waals surface area (Å²) < 4.78 is 37.1. The summed E-state index contributed by atoms with van der Waals surface area (Å²) >= 11 is 0. The number of fused-ring (bicyclic) bond motifs is 1. The van der Waals surface area contributed by atoms with Gasteiger partial charge in [-0.3, -0.25) is 0 Å². The van der Waals surface area contributed by atoms with Gasteiger partial charge in [0, 0.05) is 0 Å². The van der Waals surface area contributed by atoms with Gasteiger partial charge in [0.05, 0.1) is 0 Å². The molecule has 0 aliphatic heterocycles. The largest absolute Gasteiger partial charge is 0.418 e. The van der Waals surface area contributed by atoms with Crippen molar-refractivity contribution in [3.63, 3.8) is 0 Å². The quantitative estimate of drug-likeness (QED) is 0.765. The number of hydrogen-bond donors (Lipinski definition) is 1. The highest BCUT2D eigenvalue weighted by atomic mass is 19.4. The third kappa shape index (κ3) is 1.86. The van der Waals surface area contributed by atoms with Crippen LogP contribution in [0.3, 0.4) is 0 Å². The van der Waals surface area contributed by atoms with E-state index >= 15 is 0 Å². The third-order valence-electron chi connectivity index (χ3n) is 2.79. The molecule has 1 nitrogen and oxygen atoms in total. The molecule has 0 radical (unpaired) electrons. The average molecular weight is 216 g/mol. The lowest BCUT2D eigenvalue weighted by Crippen LogP contribution is -2.21. The molecule has 1 aliphatic carbocycles. The Bertz CT molecular complexity index is 371. The topological polar surface area (TPSA) is 20.2 Å². The van der Waals surface area contributed by atoms with E-state index < -0.39 is 12.3 Å². The van der Waals surface area contributed by atoms with Gasteiger partial charge >= 0.3 is 6.18 Å². The Kier molecular flexibility index (Phi) is 2.46. The molecule has 1 aliphatic rings. The van der Waals surface area contributed by atoms with E-state index in [9.17, 15) is 18.3 Å². The molecule has 1 unspecified atom stereocenters. The number of halogens is 3. The summed E-state index contributed by atoms with van der Waals surface area (Å²) in [6.07, 6.45) is -4.59. The van der Waals surface area contributed by atoms with E-state index in [2.05, 4.69) is 0 Å². The van der Waals surface area contributed by atoms with Crippen LogP contribution in [0.5, 0.6) is 0 Å². The van der Waals surface area contributed by atoms with Crippen LogP contribution in [0.1, 0.15) is 29.2 Å². The second kappa shape index (κ2) is 3.52. The van der Waals surface area contributed by atoms with E-state index in [-0.39, 0.29) is 5.56 Å². The lowest BCUT2D eigenvalue weighted by atomic mass is 9.99.